The van der Waals surface area contributed by atoms with E-state index in [-0.39, 0.29) is 17.2 Å². The van der Waals surface area contributed by atoms with Gasteiger partial charge < -0.3 is 10.1 Å². The average molecular weight is 419 g/mol. The highest BCUT2D eigenvalue weighted by Gasteiger charge is 2.26. The van der Waals surface area contributed by atoms with E-state index in [4.69, 9.17) is 4.74 Å². The van der Waals surface area contributed by atoms with Crippen LogP contribution in [0.4, 0.5) is 0 Å². The molecule has 0 spiro atoms. The molecule has 0 bridgehead atoms. The normalized spacial score (nSPS) is 12.4. The number of hydrogen-bond acceptors (Lipinski definition) is 4. The van der Waals surface area contributed by atoms with Crippen LogP contribution in [0.3, 0.4) is 0 Å². The Hall–Kier alpha value is -2.38. The van der Waals surface area contributed by atoms with Crippen LogP contribution < -0.4 is 14.8 Å². The summed E-state index contributed by atoms with van der Waals surface area (Å²) in [7, 11) is -3.88. The van der Waals surface area contributed by atoms with Gasteiger partial charge in [-0.05, 0) is 56.0 Å². The van der Waals surface area contributed by atoms with Crippen molar-refractivity contribution >= 4 is 15.9 Å². The van der Waals surface area contributed by atoms with E-state index in [1.54, 1.807) is 19.1 Å². The number of unbranched alkanes of at least 4 members (excludes halogenated alkanes) is 1. The standard InChI is InChI=1S/C22H30N2O4S/c1-4-6-14-23-22(25)20(16-18-10-8-7-9-11-18)24-29(26,27)19-12-13-21(28-5-2)17(3)15-19/h7-13,15,20,24H,4-6,14,16H2,1-3H3,(H,23,25)/t20-/m0/s1. The van der Waals surface area contributed by atoms with Crippen molar-refractivity contribution in [3.8, 4) is 5.75 Å². The van der Waals surface area contributed by atoms with Gasteiger partial charge in [0.05, 0.1) is 11.5 Å². The van der Waals surface area contributed by atoms with Gasteiger partial charge in [-0.2, -0.15) is 4.72 Å². The molecule has 0 unspecified atom stereocenters. The lowest BCUT2D eigenvalue weighted by Gasteiger charge is -2.19. The molecule has 1 atom stereocenters. The van der Waals surface area contributed by atoms with Gasteiger partial charge in [-0.3, -0.25) is 4.79 Å². The van der Waals surface area contributed by atoms with E-state index in [0.29, 0.717) is 18.9 Å². The van der Waals surface area contributed by atoms with E-state index in [9.17, 15) is 13.2 Å². The second kappa shape index (κ2) is 11.0. The molecule has 2 aromatic rings. The molecule has 0 saturated carbocycles. The Bertz CT molecular complexity index is 898. The number of carbonyl (C=O) groups excluding carboxylic acids is 1. The summed E-state index contributed by atoms with van der Waals surface area (Å²) in [4.78, 5) is 12.8. The number of hydrogen-bond donors (Lipinski definition) is 2. The Morgan fingerprint density at radius 3 is 2.45 bits per heavy atom. The quantitative estimate of drug-likeness (QED) is 0.549. The van der Waals surface area contributed by atoms with Crippen LogP contribution in [-0.4, -0.2) is 33.5 Å². The van der Waals surface area contributed by atoms with Gasteiger partial charge >= 0.3 is 0 Å². The van der Waals surface area contributed by atoms with Gasteiger partial charge in [0.25, 0.3) is 0 Å². The summed E-state index contributed by atoms with van der Waals surface area (Å²) in [6.07, 6.45) is 2.06. The van der Waals surface area contributed by atoms with Crippen molar-refractivity contribution in [2.24, 2.45) is 0 Å². The predicted octanol–water partition coefficient (Wildman–Crippen LogP) is 3.20. The summed E-state index contributed by atoms with van der Waals surface area (Å²) in [5.74, 6) is 0.318. The molecular formula is C22H30N2O4S. The van der Waals surface area contributed by atoms with Crippen LogP contribution in [0.1, 0.15) is 37.8 Å². The second-order valence-corrected chi connectivity index (χ2v) is 8.58. The summed E-state index contributed by atoms with van der Waals surface area (Å²) in [6, 6.07) is 13.2. The lowest BCUT2D eigenvalue weighted by Crippen LogP contribution is -2.48. The number of carbonyl (C=O) groups is 1. The van der Waals surface area contributed by atoms with Crippen LogP contribution in [0.2, 0.25) is 0 Å². The van der Waals surface area contributed by atoms with Gasteiger partial charge in [0, 0.05) is 6.54 Å². The number of aryl methyl sites for hydroxylation is 1. The van der Waals surface area contributed by atoms with Crippen molar-refractivity contribution in [3.63, 3.8) is 0 Å². The van der Waals surface area contributed by atoms with Crippen molar-refractivity contribution in [3.05, 3.63) is 59.7 Å². The summed E-state index contributed by atoms with van der Waals surface area (Å²) in [5, 5.41) is 2.83. The van der Waals surface area contributed by atoms with Crippen molar-refractivity contribution in [1.82, 2.24) is 10.0 Å². The second-order valence-electron chi connectivity index (χ2n) is 6.87. The van der Waals surface area contributed by atoms with Crippen molar-refractivity contribution in [2.45, 2.75) is 51.0 Å². The van der Waals surface area contributed by atoms with Crippen LogP contribution in [0.15, 0.2) is 53.4 Å². The molecular weight excluding hydrogens is 388 g/mol. The van der Waals surface area contributed by atoms with Crippen molar-refractivity contribution in [2.75, 3.05) is 13.2 Å². The highest BCUT2D eigenvalue weighted by atomic mass is 32.2. The minimum absolute atomic E-state index is 0.109. The predicted molar refractivity (Wildman–Crippen MR) is 115 cm³/mol. The van der Waals surface area contributed by atoms with E-state index in [0.717, 1.165) is 24.0 Å². The molecule has 0 saturated heterocycles. The summed E-state index contributed by atoms with van der Waals surface area (Å²) >= 11 is 0. The van der Waals surface area contributed by atoms with Crippen LogP contribution in [-0.2, 0) is 21.2 Å². The van der Waals surface area contributed by atoms with Gasteiger partial charge in [0.2, 0.25) is 15.9 Å². The lowest BCUT2D eigenvalue weighted by molar-refractivity contribution is -0.122. The fourth-order valence-corrected chi connectivity index (χ4v) is 4.19. The molecule has 0 heterocycles. The van der Waals surface area contributed by atoms with Gasteiger partial charge in [0.15, 0.2) is 0 Å². The first kappa shape index (κ1) is 22.9. The minimum atomic E-state index is -3.88. The summed E-state index contributed by atoms with van der Waals surface area (Å²) < 4.78 is 34.0. The Balaban J connectivity index is 2.23. The Labute approximate surface area is 173 Å². The van der Waals surface area contributed by atoms with Crippen LogP contribution in [0.25, 0.3) is 0 Å². The lowest BCUT2D eigenvalue weighted by atomic mass is 10.1. The first-order valence-corrected chi connectivity index (χ1v) is 11.4. The molecule has 0 aliphatic rings. The van der Waals surface area contributed by atoms with Gasteiger partial charge in [-0.1, -0.05) is 43.7 Å². The summed E-state index contributed by atoms with van der Waals surface area (Å²) in [5.41, 5.74) is 1.61. The fourth-order valence-electron chi connectivity index (χ4n) is 2.91. The zero-order valence-corrected chi connectivity index (χ0v) is 18.1. The molecule has 158 valence electrons. The number of rotatable bonds is 11. The van der Waals surface area contributed by atoms with E-state index in [2.05, 4.69) is 10.0 Å². The van der Waals surface area contributed by atoms with E-state index < -0.39 is 16.1 Å². The zero-order valence-electron chi connectivity index (χ0n) is 17.3. The Morgan fingerprint density at radius 1 is 1.10 bits per heavy atom. The fraction of sp³-hybridized carbons (Fsp3) is 0.409. The average Bonchev–Trinajstić information content (AvgIpc) is 2.70. The Kier molecular flexibility index (Phi) is 8.67. The molecule has 29 heavy (non-hydrogen) atoms. The largest absolute Gasteiger partial charge is 0.494 e. The molecule has 2 rings (SSSR count). The number of benzene rings is 2. The molecule has 0 fully saturated rings. The molecule has 7 heteroatoms. The molecule has 0 radical (unpaired) electrons. The SMILES string of the molecule is CCCCNC(=O)[C@H](Cc1ccccc1)NS(=O)(=O)c1ccc(OCC)c(C)c1. The maximum Gasteiger partial charge on any atom is 0.241 e. The van der Waals surface area contributed by atoms with E-state index in [1.807, 2.05) is 44.2 Å². The van der Waals surface area contributed by atoms with Crippen LogP contribution >= 0.6 is 0 Å². The molecule has 0 aliphatic heterocycles. The number of nitrogens with one attached hydrogen (secondary N) is 2. The topological polar surface area (TPSA) is 84.5 Å². The molecule has 2 aromatic carbocycles. The highest BCUT2D eigenvalue weighted by molar-refractivity contribution is 7.89. The Morgan fingerprint density at radius 2 is 1.83 bits per heavy atom. The number of ether oxygens (including phenoxy) is 1. The van der Waals surface area contributed by atoms with Gasteiger partial charge in [0.1, 0.15) is 11.8 Å². The van der Waals surface area contributed by atoms with E-state index in [1.165, 1.54) is 6.07 Å². The minimum Gasteiger partial charge on any atom is -0.494 e. The van der Waals surface area contributed by atoms with E-state index >= 15 is 0 Å². The zero-order chi connectivity index (χ0) is 21.3. The molecule has 0 aromatic heterocycles. The number of sulfonamides is 1. The molecule has 6 nitrogen and oxygen atoms in total. The molecule has 1 amide bonds. The maximum absolute atomic E-state index is 13.0. The first-order chi connectivity index (χ1) is 13.9. The monoisotopic (exact) mass is 418 g/mol. The highest BCUT2D eigenvalue weighted by Crippen LogP contribution is 2.22. The third kappa shape index (κ3) is 6.87. The summed E-state index contributed by atoms with van der Waals surface area (Å²) in [6.45, 7) is 6.72. The van der Waals surface area contributed by atoms with Crippen LogP contribution in [0.5, 0.6) is 5.75 Å². The maximum atomic E-state index is 13.0. The third-order valence-corrected chi connectivity index (χ3v) is 5.95. The number of amides is 1. The molecule has 0 aliphatic carbocycles. The van der Waals surface area contributed by atoms with Crippen molar-refractivity contribution in [1.29, 1.82) is 0 Å². The molecule has 2 N–H and O–H groups in total. The smallest absolute Gasteiger partial charge is 0.241 e. The van der Waals surface area contributed by atoms with Gasteiger partial charge in [-0.15, -0.1) is 0 Å². The third-order valence-electron chi connectivity index (χ3n) is 4.48. The van der Waals surface area contributed by atoms with Crippen LogP contribution in [0, 0.1) is 6.92 Å². The first-order valence-electron chi connectivity index (χ1n) is 9.94. The van der Waals surface area contributed by atoms with Gasteiger partial charge in [-0.25, -0.2) is 8.42 Å². The van der Waals surface area contributed by atoms with Crippen molar-refractivity contribution < 1.29 is 17.9 Å².